The fraction of sp³-hybridized carbons (Fsp3) is 0.286. The first-order valence-corrected chi connectivity index (χ1v) is 9.06. The molecular weight excluding hydrogens is 358 g/mol. The zero-order chi connectivity index (χ0) is 20.1. The molecular formula is C21H23N3O4. The van der Waals surface area contributed by atoms with Crippen molar-refractivity contribution >= 4 is 17.6 Å². The van der Waals surface area contributed by atoms with Crippen molar-refractivity contribution in [1.29, 1.82) is 0 Å². The Morgan fingerprint density at radius 3 is 2.75 bits per heavy atom. The van der Waals surface area contributed by atoms with E-state index in [1.165, 1.54) is 6.07 Å². The van der Waals surface area contributed by atoms with Crippen molar-refractivity contribution in [2.75, 3.05) is 11.9 Å². The van der Waals surface area contributed by atoms with E-state index in [0.717, 1.165) is 16.8 Å². The predicted octanol–water partition coefficient (Wildman–Crippen LogP) is 3.75. The third kappa shape index (κ3) is 4.68. The molecule has 3 rings (SSSR count). The minimum Gasteiger partial charge on any atom is -0.452 e. The fourth-order valence-corrected chi connectivity index (χ4v) is 2.85. The topological polar surface area (TPSA) is 86.4 Å². The molecule has 0 spiro atoms. The molecule has 0 saturated heterocycles. The van der Waals surface area contributed by atoms with Gasteiger partial charge in [-0.1, -0.05) is 32.0 Å². The number of ether oxygens (including phenoxy) is 1. The van der Waals surface area contributed by atoms with Gasteiger partial charge in [-0.05, 0) is 42.2 Å². The number of anilines is 1. The molecule has 0 aliphatic rings. The molecule has 1 amide bonds. The van der Waals surface area contributed by atoms with E-state index >= 15 is 0 Å². The van der Waals surface area contributed by atoms with Crippen LogP contribution in [0.4, 0.5) is 5.69 Å². The smallest absolute Gasteiger partial charge is 0.374 e. The molecule has 0 fully saturated rings. The van der Waals surface area contributed by atoms with Gasteiger partial charge in [0.05, 0.1) is 6.54 Å². The minimum atomic E-state index is -0.685. The zero-order valence-electron chi connectivity index (χ0n) is 16.1. The maximum Gasteiger partial charge on any atom is 0.374 e. The second-order valence-corrected chi connectivity index (χ2v) is 6.79. The molecule has 0 aliphatic heterocycles. The van der Waals surface area contributed by atoms with Crippen molar-refractivity contribution < 1.29 is 18.7 Å². The summed E-state index contributed by atoms with van der Waals surface area (Å²) in [6, 6.07) is 10.9. The van der Waals surface area contributed by atoms with E-state index in [1.807, 2.05) is 25.1 Å². The van der Waals surface area contributed by atoms with Gasteiger partial charge >= 0.3 is 5.97 Å². The zero-order valence-corrected chi connectivity index (χ0v) is 16.1. The molecule has 2 aromatic heterocycles. The molecule has 0 saturated carbocycles. The first-order chi connectivity index (χ1) is 13.4. The first kappa shape index (κ1) is 19.4. The number of amides is 1. The van der Waals surface area contributed by atoms with Crippen molar-refractivity contribution in [2.24, 2.45) is 0 Å². The molecule has 7 nitrogen and oxygen atoms in total. The summed E-state index contributed by atoms with van der Waals surface area (Å²) < 4.78 is 12.2. The molecule has 0 radical (unpaired) electrons. The van der Waals surface area contributed by atoms with Crippen LogP contribution >= 0.6 is 0 Å². The normalized spacial score (nSPS) is 10.9. The molecule has 0 aliphatic carbocycles. The summed E-state index contributed by atoms with van der Waals surface area (Å²) in [7, 11) is 0. The van der Waals surface area contributed by atoms with Gasteiger partial charge in [-0.25, -0.2) is 4.79 Å². The van der Waals surface area contributed by atoms with Crippen molar-refractivity contribution in [3.05, 3.63) is 71.4 Å². The van der Waals surface area contributed by atoms with E-state index in [2.05, 4.69) is 24.3 Å². The monoisotopic (exact) mass is 381 g/mol. The van der Waals surface area contributed by atoms with Crippen LogP contribution in [0.5, 0.6) is 0 Å². The molecule has 2 heterocycles. The van der Waals surface area contributed by atoms with Crippen LogP contribution in [0.15, 0.2) is 53.2 Å². The number of benzene rings is 1. The van der Waals surface area contributed by atoms with Crippen LogP contribution in [0.2, 0.25) is 0 Å². The molecule has 0 unspecified atom stereocenters. The van der Waals surface area contributed by atoms with Crippen LogP contribution in [-0.2, 0) is 16.1 Å². The summed E-state index contributed by atoms with van der Waals surface area (Å²) in [6.45, 7) is 6.06. The van der Waals surface area contributed by atoms with Crippen LogP contribution in [0.25, 0.3) is 0 Å². The molecule has 3 aromatic rings. The van der Waals surface area contributed by atoms with Crippen molar-refractivity contribution in [3.8, 4) is 0 Å². The quantitative estimate of drug-likeness (QED) is 0.630. The van der Waals surface area contributed by atoms with E-state index in [-0.39, 0.29) is 18.3 Å². The van der Waals surface area contributed by atoms with E-state index in [4.69, 9.17) is 9.15 Å². The molecule has 7 heteroatoms. The Hall–Kier alpha value is -3.35. The summed E-state index contributed by atoms with van der Waals surface area (Å²) in [5.74, 6) is -0.201. The number of furan rings is 1. The number of carbonyl (C=O) groups excluding carboxylic acids is 2. The Labute approximate surface area is 163 Å². The lowest BCUT2D eigenvalue weighted by atomic mass is 9.98. The highest BCUT2D eigenvalue weighted by atomic mass is 16.5. The van der Waals surface area contributed by atoms with Crippen LogP contribution in [-0.4, -0.2) is 28.3 Å². The highest BCUT2D eigenvalue weighted by Gasteiger charge is 2.17. The molecule has 0 atom stereocenters. The van der Waals surface area contributed by atoms with E-state index in [0.29, 0.717) is 12.3 Å². The van der Waals surface area contributed by atoms with Crippen molar-refractivity contribution in [3.63, 3.8) is 0 Å². The van der Waals surface area contributed by atoms with Crippen molar-refractivity contribution in [2.45, 2.75) is 33.2 Å². The summed E-state index contributed by atoms with van der Waals surface area (Å²) >= 11 is 0. The Bertz CT molecular complexity index is 958. The SMILES string of the molecule is Cc1cccc(C(C)C)c1NC(=O)COC(=O)c1ccc(Cn2cccn2)o1. The Balaban J connectivity index is 1.56. The number of nitrogens with one attached hydrogen (secondary N) is 1. The third-order valence-corrected chi connectivity index (χ3v) is 4.27. The molecule has 146 valence electrons. The highest BCUT2D eigenvalue weighted by Crippen LogP contribution is 2.27. The largest absolute Gasteiger partial charge is 0.452 e. The van der Waals surface area contributed by atoms with Crippen molar-refractivity contribution in [1.82, 2.24) is 9.78 Å². The highest BCUT2D eigenvalue weighted by molar-refractivity contribution is 5.95. The second-order valence-electron chi connectivity index (χ2n) is 6.79. The van der Waals surface area contributed by atoms with Crippen LogP contribution < -0.4 is 5.32 Å². The maximum atomic E-state index is 12.3. The number of rotatable bonds is 7. The number of hydrogen-bond donors (Lipinski definition) is 1. The standard InChI is InChI=1S/C21H23N3O4/c1-14(2)17-7-4-6-15(3)20(17)23-19(25)13-27-21(26)18-9-8-16(28-18)12-24-11-5-10-22-24/h4-11,14H,12-13H2,1-3H3,(H,23,25). The first-order valence-electron chi connectivity index (χ1n) is 9.06. The third-order valence-electron chi connectivity index (χ3n) is 4.27. The lowest BCUT2D eigenvalue weighted by Gasteiger charge is -2.16. The summed E-state index contributed by atoms with van der Waals surface area (Å²) in [4.78, 5) is 24.4. The lowest BCUT2D eigenvalue weighted by molar-refractivity contribution is -0.119. The lowest BCUT2D eigenvalue weighted by Crippen LogP contribution is -2.22. The average Bonchev–Trinajstić information content (AvgIpc) is 3.33. The van der Waals surface area contributed by atoms with Gasteiger partial charge in [-0.2, -0.15) is 5.10 Å². The summed E-state index contributed by atoms with van der Waals surface area (Å²) in [5, 5.41) is 6.92. The van der Waals surface area contributed by atoms with E-state index in [1.54, 1.807) is 29.2 Å². The summed E-state index contributed by atoms with van der Waals surface area (Å²) in [5.41, 5.74) is 2.76. The van der Waals surface area contributed by atoms with Gasteiger partial charge in [0.25, 0.3) is 5.91 Å². The van der Waals surface area contributed by atoms with Gasteiger partial charge in [0.15, 0.2) is 6.61 Å². The van der Waals surface area contributed by atoms with Gasteiger partial charge in [0.1, 0.15) is 5.76 Å². The van der Waals surface area contributed by atoms with Crippen LogP contribution in [0.1, 0.15) is 47.2 Å². The van der Waals surface area contributed by atoms with E-state index < -0.39 is 11.9 Å². The molecule has 1 N–H and O–H groups in total. The number of aryl methyl sites for hydroxylation is 1. The van der Waals surface area contributed by atoms with Gasteiger partial charge in [0.2, 0.25) is 5.76 Å². The predicted molar refractivity (Wildman–Crippen MR) is 104 cm³/mol. The van der Waals surface area contributed by atoms with Crippen LogP contribution in [0, 0.1) is 6.92 Å². The number of hydrogen-bond acceptors (Lipinski definition) is 5. The number of para-hydroxylation sites is 1. The van der Waals surface area contributed by atoms with E-state index in [9.17, 15) is 9.59 Å². The maximum absolute atomic E-state index is 12.3. The van der Waals surface area contributed by atoms with Gasteiger partial charge in [-0.3, -0.25) is 9.48 Å². The summed E-state index contributed by atoms with van der Waals surface area (Å²) in [6.07, 6.45) is 3.46. The van der Waals surface area contributed by atoms with Crippen LogP contribution in [0.3, 0.4) is 0 Å². The Morgan fingerprint density at radius 2 is 2.04 bits per heavy atom. The van der Waals surface area contributed by atoms with Gasteiger partial charge < -0.3 is 14.5 Å². The number of nitrogens with zero attached hydrogens (tertiary/aromatic N) is 2. The minimum absolute atomic E-state index is 0.0497. The molecule has 1 aromatic carbocycles. The molecule has 28 heavy (non-hydrogen) atoms. The Morgan fingerprint density at radius 1 is 1.21 bits per heavy atom. The van der Waals surface area contributed by atoms with Gasteiger partial charge in [0, 0.05) is 18.1 Å². The fourth-order valence-electron chi connectivity index (χ4n) is 2.85. The Kier molecular flexibility index (Phi) is 5.93. The second kappa shape index (κ2) is 8.56. The number of aromatic nitrogens is 2. The number of esters is 1. The number of carbonyl (C=O) groups is 2. The van der Waals surface area contributed by atoms with Gasteiger partial charge in [-0.15, -0.1) is 0 Å². The molecule has 0 bridgehead atoms. The average molecular weight is 381 g/mol.